The van der Waals surface area contributed by atoms with Crippen molar-refractivity contribution in [1.82, 2.24) is 0 Å². The zero-order valence-electron chi connectivity index (χ0n) is 9.90. The molecule has 0 saturated heterocycles. The maximum atomic E-state index is 12.6. The molecule has 1 rings (SSSR count). The fraction of sp³-hybridized carbons (Fsp3) is 0.462. The number of alkyl halides is 2. The first-order valence-electron chi connectivity index (χ1n) is 5.75. The molecule has 1 aromatic rings. The van der Waals surface area contributed by atoms with Gasteiger partial charge in [-0.15, -0.1) is 0 Å². The molecule has 2 nitrogen and oxygen atoms in total. The van der Waals surface area contributed by atoms with Gasteiger partial charge in [0, 0.05) is 17.3 Å². The molecule has 0 aliphatic rings. The lowest BCUT2D eigenvalue weighted by molar-refractivity contribution is 0.119. The molecule has 0 radical (unpaired) electrons. The molecule has 4 heteroatoms. The zero-order valence-corrected chi connectivity index (χ0v) is 9.90. The standard InChI is InChI=1S/C13H17F2NO/c1-2-3-6-9-16-17-10-11-7-4-5-8-12(11)13(14)15/h4-5,7-9,13H,2-3,6,10H2,1H3. The van der Waals surface area contributed by atoms with Crippen LogP contribution in [-0.2, 0) is 11.4 Å². The topological polar surface area (TPSA) is 21.6 Å². The molecule has 0 spiro atoms. The lowest BCUT2D eigenvalue weighted by atomic mass is 10.1. The van der Waals surface area contributed by atoms with Gasteiger partial charge < -0.3 is 4.84 Å². The highest BCUT2D eigenvalue weighted by Crippen LogP contribution is 2.23. The van der Waals surface area contributed by atoms with Crippen LogP contribution in [0.4, 0.5) is 8.78 Å². The predicted octanol–water partition coefficient (Wildman–Crippen LogP) is 4.32. The third-order valence-electron chi connectivity index (χ3n) is 2.35. The summed E-state index contributed by atoms with van der Waals surface area (Å²) in [5, 5.41) is 3.73. The summed E-state index contributed by atoms with van der Waals surface area (Å²) in [6.45, 7) is 2.18. The van der Waals surface area contributed by atoms with Gasteiger partial charge in [0.15, 0.2) is 0 Å². The fourth-order valence-corrected chi connectivity index (χ4v) is 1.39. The lowest BCUT2D eigenvalue weighted by Crippen LogP contribution is -1.95. The minimum atomic E-state index is -2.47. The van der Waals surface area contributed by atoms with Crippen molar-refractivity contribution in [3.63, 3.8) is 0 Å². The molecule has 0 saturated carbocycles. The molecule has 0 unspecified atom stereocenters. The minimum Gasteiger partial charge on any atom is -0.391 e. The van der Waals surface area contributed by atoms with E-state index in [1.807, 2.05) is 0 Å². The molecule has 0 heterocycles. The van der Waals surface area contributed by atoms with E-state index in [9.17, 15) is 8.78 Å². The van der Waals surface area contributed by atoms with E-state index < -0.39 is 6.43 Å². The Morgan fingerprint density at radius 3 is 2.82 bits per heavy atom. The number of halogens is 2. The number of hydrogen-bond acceptors (Lipinski definition) is 2. The van der Waals surface area contributed by atoms with Crippen molar-refractivity contribution in [1.29, 1.82) is 0 Å². The molecule has 0 aromatic heterocycles. The van der Waals surface area contributed by atoms with E-state index in [0.29, 0.717) is 5.56 Å². The Balaban J connectivity index is 2.43. The Bertz CT molecular complexity index is 353. The van der Waals surface area contributed by atoms with E-state index in [1.165, 1.54) is 6.07 Å². The molecular formula is C13H17F2NO. The molecule has 0 fully saturated rings. The Morgan fingerprint density at radius 2 is 2.12 bits per heavy atom. The van der Waals surface area contributed by atoms with Gasteiger partial charge in [0.1, 0.15) is 6.61 Å². The predicted molar refractivity (Wildman–Crippen MR) is 64.2 cm³/mol. The number of rotatable bonds is 7. The summed E-state index contributed by atoms with van der Waals surface area (Å²) in [5.74, 6) is 0. The quantitative estimate of drug-likeness (QED) is 0.396. The molecule has 0 amide bonds. The number of hydrogen-bond donors (Lipinski definition) is 0. The van der Waals surface area contributed by atoms with Gasteiger partial charge in [0.25, 0.3) is 6.43 Å². The van der Waals surface area contributed by atoms with Gasteiger partial charge in [0.2, 0.25) is 0 Å². The maximum absolute atomic E-state index is 12.6. The Hall–Kier alpha value is -1.45. The summed E-state index contributed by atoms with van der Waals surface area (Å²) < 4.78 is 25.2. The van der Waals surface area contributed by atoms with Gasteiger partial charge in [0.05, 0.1) is 0 Å². The molecular weight excluding hydrogens is 224 g/mol. The highest BCUT2D eigenvalue weighted by molar-refractivity contribution is 5.56. The zero-order chi connectivity index (χ0) is 12.5. The summed E-state index contributed by atoms with van der Waals surface area (Å²) in [6.07, 6.45) is 2.21. The summed E-state index contributed by atoms with van der Waals surface area (Å²) >= 11 is 0. The summed E-state index contributed by atoms with van der Waals surface area (Å²) in [7, 11) is 0. The van der Waals surface area contributed by atoms with Crippen LogP contribution >= 0.6 is 0 Å². The van der Waals surface area contributed by atoms with Crippen LogP contribution in [0, 0.1) is 0 Å². The van der Waals surface area contributed by atoms with E-state index in [2.05, 4.69) is 12.1 Å². The summed E-state index contributed by atoms with van der Waals surface area (Å²) in [5.41, 5.74) is 0.492. The Morgan fingerprint density at radius 1 is 1.35 bits per heavy atom. The lowest BCUT2D eigenvalue weighted by Gasteiger charge is -2.06. The van der Waals surface area contributed by atoms with Crippen LogP contribution < -0.4 is 0 Å². The van der Waals surface area contributed by atoms with Gasteiger partial charge in [-0.2, -0.15) is 0 Å². The molecule has 0 N–H and O–H groups in total. The fourth-order valence-electron chi connectivity index (χ4n) is 1.39. The van der Waals surface area contributed by atoms with Gasteiger partial charge in [-0.3, -0.25) is 0 Å². The van der Waals surface area contributed by atoms with Crippen LogP contribution in [0.15, 0.2) is 29.4 Å². The minimum absolute atomic E-state index is 0.0104. The van der Waals surface area contributed by atoms with Gasteiger partial charge in [-0.05, 0) is 12.8 Å². The number of benzene rings is 1. The first-order valence-corrected chi connectivity index (χ1v) is 5.75. The molecule has 1 aromatic carbocycles. The molecule has 0 atom stereocenters. The molecule has 17 heavy (non-hydrogen) atoms. The highest BCUT2D eigenvalue weighted by Gasteiger charge is 2.11. The van der Waals surface area contributed by atoms with Crippen molar-refractivity contribution in [2.45, 2.75) is 39.2 Å². The van der Waals surface area contributed by atoms with Crippen LogP contribution in [0.5, 0.6) is 0 Å². The highest BCUT2D eigenvalue weighted by atomic mass is 19.3. The maximum Gasteiger partial charge on any atom is 0.264 e. The average molecular weight is 241 g/mol. The van der Waals surface area contributed by atoms with Crippen LogP contribution in [-0.4, -0.2) is 6.21 Å². The molecule has 94 valence electrons. The van der Waals surface area contributed by atoms with Crippen LogP contribution in [0.25, 0.3) is 0 Å². The second-order valence-corrected chi connectivity index (χ2v) is 3.70. The van der Waals surface area contributed by atoms with Gasteiger partial charge in [-0.1, -0.05) is 42.8 Å². The molecule has 0 bridgehead atoms. The number of nitrogens with zero attached hydrogens (tertiary/aromatic N) is 1. The average Bonchev–Trinajstić information content (AvgIpc) is 2.34. The summed E-state index contributed by atoms with van der Waals surface area (Å²) in [4.78, 5) is 4.99. The van der Waals surface area contributed by atoms with Crippen LogP contribution in [0.1, 0.15) is 43.7 Å². The number of oxime groups is 1. The first kappa shape index (κ1) is 13.6. The van der Waals surface area contributed by atoms with Crippen LogP contribution in [0.3, 0.4) is 0 Å². The van der Waals surface area contributed by atoms with Gasteiger partial charge in [-0.25, -0.2) is 8.78 Å². The monoisotopic (exact) mass is 241 g/mol. The molecule has 0 aliphatic carbocycles. The van der Waals surface area contributed by atoms with Crippen molar-refractivity contribution in [2.24, 2.45) is 5.16 Å². The van der Waals surface area contributed by atoms with Gasteiger partial charge >= 0.3 is 0 Å². The SMILES string of the molecule is CCCCC=NOCc1ccccc1C(F)F. The van der Waals surface area contributed by atoms with E-state index >= 15 is 0 Å². The largest absolute Gasteiger partial charge is 0.391 e. The summed E-state index contributed by atoms with van der Waals surface area (Å²) in [6, 6.07) is 6.34. The van der Waals surface area contributed by atoms with Crippen molar-refractivity contribution in [3.05, 3.63) is 35.4 Å². The third kappa shape index (κ3) is 4.93. The smallest absolute Gasteiger partial charge is 0.264 e. The first-order chi connectivity index (χ1) is 8.25. The van der Waals surface area contributed by atoms with Crippen molar-refractivity contribution in [3.8, 4) is 0 Å². The Kier molecular flexibility index (Phi) is 6.22. The second-order valence-electron chi connectivity index (χ2n) is 3.70. The van der Waals surface area contributed by atoms with Crippen molar-refractivity contribution >= 4 is 6.21 Å². The molecule has 0 aliphatic heterocycles. The second kappa shape index (κ2) is 7.76. The van der Waals surface area contributed by atoms with E-state index in [4.69, 9.17) is 4.84 Å². The van der Waals surface area contributed by atoms with Crippen molar-refractivity contribution in [2.75, 3.05) is 0 Å². The van der Waals surface area contributed by atoms with E-state index in [-0.39, 0.29) is 12.2 Å². The third-order valence-corrected chi connectivity index (χ3v) is 2.35. The normalized spacial score (nSPS) is 11.3. The van der Waals surface area contributed by atoms with E-state index in [1.54, 1.807) is 24.4 Å². The van der Waals surface area contributed by atoms with Crippen molar-refractivity contribution < 1.29 is 13.6 Å². The van der Waals surface area contributed by atoms with E-state index in [0.717, 1.165) is 19.3 Å². The van der Waals surface area contributed by atoms with Crippen LogP contribution in [0.2, 0.25) is 0 Å². The number of unbranched alkanes of at least 4 members (excludes halogenated alkanes) is 2. The Labute approximate surface area is 100 Å².